The van der Waals surface area contributed by atoms with Crippen molar-refractivity contribution in [3.05, 3.63) is 59.0 Å². The number of aromatic nitrogens is 1. The molecule has 0 spiro atoms. The third-order valence-corrected chi connectivity index (χ3v) is 8.21. The summed E-state index contributed by atoms with van der Waals surface area (Å²) in [6, 6.07) is 8.77. The van der Waals surface area contributed by atoms with E-state index in [-0.39, 0.29) is 29.9 Å². The number of methoxy groups -OCH3 is 1. The number of ether oxygens (including phenoxy) is 1. The number of nitrogens with one attached hydrogen (secondary N) is 1. The number of carbonyl (C=O) groups excluding carboxylic acids is 2. The van der Waals surface area contributed by atoms with Crippen molar-refractivity contribution >= 4 is 22.8 Å². The molecule has 2 aromatic carbocycles. The van der Waals surface area contributed by atoms with Gasteiger partial charge in [0.2, 0.25) is 0 Å². The molecular weight excluding hydrogens is 475 g/mol. The van der Waals surface area contributed by atoms with Gasteiger partial charge in [-0.3, -0.25) is 14.6 Å². The molecule has 8 nitrogen and oxygen atoms in total. The monoisotopic (exact) mass is 506 g/mol. The predicted molar refractivity (Wildman–Crippen MR) is 136 cm³/mol. The first-order valence-corrected chi connectivity index (χ1v) is 12.9. The van der Waals surface area contributed by atoms with Crippen LogP contribution in [0.5, 0.6) is 11.5 Å². The Hall–Kier alpha value is -3.59. The van der Waals surface area contributed by atoms with E-state index in [1.165, 1.54) is 24.5 Å². The largest absolute Gasteiger partial charge is 0.508 e. The zero-order valence-electron chi connectivity index (χ0n) is 21.1. The van der Waals surface area contributed by atoms with Gasteiger partial charge >= 0.3 is 6.03 Å². The van der Waals surface area contributed by atoms with Gasteiger partial charge in [-0.05, 0) is 62.2 Å². The summed E-state index contributed by atoms with van der Waals surface area (Å²) in [6.45, 7) is 4.77. The Morgan fingerprint density at radius 1 is 1.14 bits per heavy atom. The lowest BCUT2D eigenvalue weighted by molar-refractivity contribution is -0.133. The summed E-state index contributed by atoms with van der Waals surface area (Å²) in [6.07, 6.45) is 3.78. The van der Waals surface area contributed by atoms with Gasteiger partial charge in [-0.25, -0.2) is 9.18 Å². The van der Waals surface area contributed by atoms with Crippen LogP contribution in [0.1, 0.15) is 49.0 Å². The van der Waals surface area contributed by atoms with Crippen molar-refractivity contribution in [3.63, 3.8) is 0 Å². The van der Waals surface area contributed by atoms with Crippen molar-refractivity contribution in [2.24, 2.45) is 0 Å². The Labute approximate surface area is 214 Å². The topological polar surface area (TPSA) is 89.1 Å². The Balaban J connectivity index is 1.46. The van der Waals surface area contributed by atoms with Crippen molar-refractivity contribution in [2.75, 3.05) is 33.3 Å². The molecule has 0 aliphatic carbocycles. The number of H-pyrrole nitrogens is 1. The van der Waals surface area contributed by atoms with Crippen molar-refractivity contribution in [1.82, 2.24) is 19.7 Å². The molecule has 0 unspecified atom stereocenters. The molecule has 0 bridgehead atoms. The van der Waals surface area contributed by atoms with E-state index in [0.29, 0.717) is 29.9 Å². The number of amides is 3. The van der Waals surface area contributed by atoms with Crippen molar-refractivity contribution in [1.29, 1.82) is 0 Å². The predicted octanol–water partition coefficient (Wildman–Crippen LogP) is 4.18. The summed E-state index contributed by atoms with van der Waals surface area (Å²) in [5.74, 6) is -0.540. The molecule has 2 fully saturated rings. The van der Waals surface area contributed by atoms with Crippen LogP contribution in [0.15, 0.2) is 36.4 Å². The number of phenolic OH excluding ortho intramolecular Hbond substituents is 1. The molecular formula is C28H31FN4O4. The summed E-state index contributed by atoms with van der Waals surface area (Å²) in [5.41, 5.74) is 1.67. The van der Waals surface area contributed by atoms with Gasteiger partial charge in [-0.1, -0.05) is 18.6 Å². The fourth-order valence-corrected chi connectivity index (χ4v) is 6.34. The lowest BCUT2D eigenvalue weighted by Crippen LogP contribution is -2.53. The molecule has 0 radical (unpaired) electrons. The molecule has 2 saturated heterocycles. The molecule has 3 aliphatic rings. The van der Waals surface area contributed by atoms with Crippen LogP contribution in [0, 0.1) is 5.82 Å². The number of piperidine rings is 1. The van der Waals surface area contributed by atoms with Crippen LogP contribution in [0.3, 0.4) is 0 Å². The van der Waals surface area contributed by atoms with Crippen molar-refractivity contribution in [3.8, 4) is 11.5 Å². The van der Waals surface area contributed by atoms with E-state index in [9.17, 15) is 19.1 Å². The number of imide groups is 1. The van der Waals surface area contributed by atoms with E-state index < -0.39 is 17.4 Å². The third kappa shape index (κ3) is 3.67. The summed E-state index contributed by atoms with van der Waals surface area (Å²) in [5, 5.41) is 11.0. The summed E-state index contributed by atoms with van der Waals surface area (Å²) >= 11 is 0. The molecule has 4 heterocycles. The van der Waals surface area contributed by atoms with E-state index in [2.05, 4.69) is 9.88 Å². The van der Waals surface area contributed by atoms with E-state index in [0.717, 1.165) is 36.9 Å². The molecule has 3 amide bonds. The Kier molecular flexibility index (Phi) is 5.63. The van der Waals surface area contributed by atoms with E-state index in [1.54, 1.807) is 29.2 Å². The molecule has 0 saturated carbocycles. The SMILES string of the molecule is COc1cc2c3c([nH]c2cc1F)[C@@H](c1cccc(O)c1)N1C(=O)N(CCN2CCCCC2)C(=O)[C@]1(C)C3. The molecule has 2 atom stereocenters. The maximum Gasteiger partial charge on any atom is 0.328 e. The first-order chi connectivity index (χ1) is 17.8. The number of rotatable bonds is 5. The minimum Gasteiger partial charge on any atom is -0.508 e. The maximum absolute atomic E-state index is 14.6. The zero-order valence-corrected chi connectivity index (χ0v) is 21.1. The van der Waals surface area contributed by atoms with Gasteiger partial charge in [0.05, 0.1) is 7.11 Å². The minimum absolute atomic E-state index is 0.0649. The maximum atomic E-state index is 14.6. The van der Waals surface area contributed by atoms with Gasteiger partial charge in [0, 0.05) is 42.2 Å². The lowest BCUT2D eigenvalue weighted by atomic mass is 9.81. The summed E-state index contributed by atoms with van der Waals surface area (Å²) < 4.78 is 19.8. The molecule has 9 heteroatoms. The molecule has 1 aromatic heterocycles. The van der Waals surface area contributed by atoms with Crippen LogP contribution in [-0.2, 0) is 11.2 Å². The zero-order chi connectivity index (χ0) is 25.9. The average molecular weight is 507 g/mol. The number of urea groups is 1. The molecule has 2 N–H and O–H groups in total. The average Bonchev–Trinajstić information content (AvgIpc) is 3.32. The highest BCUT2D eigenvalue weighted by atomic mass is 19.1. The normalized spacial score (nSPS) is 24.0. The Bertz CT molecular complexity index is 1400. The number of hydrogen-bond donors (Lipinski definition) is 2. The first kappa shape index (κ1) is 23.8. The number of likely N-dealkylation sites (tertiary alicyclic amines) is 1. The van der Waals surface area contributed by atoms with E-state index >= 15 is 0 Å². The van der Waals surface area contributed by atoms with Gasteiger partial charge in [0.1, 0.15) is 17.3 Å². The number of aromatic amines is 1. The van der Waals surface area contributed by atoms with Crippen LogP contribution in [0.4, 0.5) is 9.18 Å². The van der Waals surface area contributed by atoms with Crippen molar-refractivity contribution in [2.45, 2.75) is 44.2 Å². The number of phenols is 1. The number of halogens is 1. The summed E-state index contributed by atoms with van der Waals surface area (Å²) in [7, 11) is 1.42. The van der Waals surface area contributed by atoms with Gasteiger partial charge in [-0.15, -0.1) is 0 Å². The number of aromatic hydroxyl groups is 1. The second-order valence-corrected chi connectivity index (χ2v) is 10.5. The van der Waals surface area contributed by atoms with E-state index in [1.807, 2.05) is 13.0 Å². The van der Waals surface area contributed by atoms with Crippen molar-refractivity contribution < 1.29 is 23.8 Å². The highest BCUT2D eigenvalue weighted by molar-refractivity contribution is 6.08. The number of fused-ring (bicyclic) bond motifs is 4. The summed E-state index contributed by atoms with van der Waals surface area (Å²) in [4.78, 5) is 36.5. The van der Waals surface area contributed by atoms with Gasteiger partial charge < -0.3 is 19.7 Å². The Morgan fingerprint density at radius 3 is 2.65 bits per heavy atom. The molecule has 194 valence electrons. The first-order valence-electron chi connectivity index (χ1n) is 12.9. The van der Waals surface area contributed by atoms with Gasteiger partial charge in [0.15, 0.2) is 11.6 Å². The number of hydrogen-bond acceptors (Lipinski definition) is 5. The number of nitrogens with zero attached hydrogens (tertiary/aromatic N) is 3. The number of carbonyl (C=O) groups is 2. The lowest BCUT2D eigenvalue weighted by Gasteiger charge is -2.42. The van der Waals surface area contributed by atoms with Crippen LogP contribution in [0.2, 0.25) is 0 Å². The second-order valence-electron chi connectivity index (χ2n) is 10.5. The van der Waals surface area contributed by atoms with Gasteiger partial charge in [-0.2, -0.15) is 0 Å². The molecule has 6 rings (SSSR count). The van der Waals surface area contributed by atoms with Crippen LogP contribution < -0.4 is 4.74 Å². The highest BCUT2D eigenvalue weighted by Crippen LogP contribution is 2.49. The van der Waals surface area contributed by atoms with Gasteiger partial charge in [0.25, 0.3) is 5.91 Å². The fourth-order valence-electron chi connectivity index (χ4n) is 6.34. The standard InChI is InChI=1S/C28H31FN4O4/c1-28-16-20-19-14-23(37-2)21(29)15-22(19)30-24(20)25(17-7-6-8-18(34)13-17)33(28)27(36)32(26(28)35)12-11-31-9-4-3-5-10-31/h6-8,13-15,25,30,34H,3-5,9-12,16H2,1-2H3/t25-,28+/m1/s1. The Morgan fingerprint density at radius 2 is 1.92 bits per heavy atom. The van der Waals surface area contributed by atoms with Crippen LogP contribution in [-0.4, -0.2) is 75.6 Å². The second kappa shape index (κ2) is 8.76. The van der Waals surface area contributed by atoms with Crippen LogP contribution in [0.25, 0.3) is 10.9 Å². The van der Waals surface area contributed by atoms with Crippen LogP contribution >= 0.6 is 0 Å². The quantitative estimate of drug-likeness (QED) is 0.507. The number of benzene rings is 2. The fraction of sp³-hybridized carbons (Fsp3) is 0.429. The minimum atomic E-state index is -1.13. The molecule has 3 aliphatic heterocycles. The highest BCUT2D eigenvalue weighted by Gasteiger charge is 2.60. The van der Waals surface area contributed by atoms with E-state index in [4.69, 9.17) is 4.74 Å². The smallest absolute Gasteiger partial charge is 0.328 e. The third-order valence-electron chi connectivity index (χ3n) is 8.21. The molecule has 3 aromatic rings. The molecule has 37 heavy (non-hydrogen) atoms.